The number of quaternary nitrogens is 1. The van der Waals surface area contributed by atoms with E-state index >= 15 is 0 Å². The molecular formula is C45H83NO7P+. The molecule has 0 fully saturated rings. The highest BCUT2D eigenvalue weighted by atomic mass is 31.2. The Hall–Kier alpha value is -1.80. The molecule has 0 radical (unpaired) electrons. The van der Waals surface area contributed by atoms with E-state index in [1.807, 2.05) is 21.1 Å². The Morgan fingerprint density at radius 3 is 1.57 bits per heavy atom. The van der Waals surface area contributed by atoms with E-state index in [2.05, 4.69) is 74.6 Å². The summed E-state index contributed by atoms with van der Waals surface area (Å²) < 4.78 is 34.9. The fraction of sp³-hybridized carbons (Fsp3) is 0.756. The van der Waals surface area contributed by atoms with Gasteiger partial charge in [-0.15, -0.1) is 0 Å². The summed E-state index contributed by atoms with van der Waals surface area (Å²) in [7, 11) is 1.63. The molecule has 0 aliphatic rings. The molecule has 9 heteroatoms. The van der Waals surface area contributed by atoms with Gasteiger partial charge in [-0.25, -0.2) is 4.57 Å². The van der Waals surface area contributed by atoms with Gasteiger partial charge in [0, 0.05) is 13.0 Å². The Morgan fingerprint density at radius 2 is 1.07 bits per heavy atom. The first-order valence-electron chi connectivity index (χ1n) is 21.5. The van der Waals surface area contributed by atoms with Gasteiger partial charge in [-0.1, -0.05) is 158 Å². The molecule has 0 aliphatic heterocycles. The van der Waals surface area contributed by atoms with Gasteiger partial charge in [0.05, 0.1) is 34.4 Å². The summed E-state index contributed by atoms with van der Waals surface area (Å²) >= 11 is 0. The van der Waals surface area contributed by atoms with Crippen LogP contribution in [-0.4, -0.2) is 75.6 Å². The molecule has 0 spiro atoms. The van der Waals surface area contributed by atoms with E-state index in [1.54, 1.807) is 0 Å². The molecule has 0 aromatic carbocycles. The van der Waals surface area contributed by atoms with Crippen LogP contribution in [0, 0.1) is 0 Å². The summed E-state index contributed by atoms with van der Waals surface area (Å²) in [6.45, 7) is 5.39. The zero-order valence-electron chi connectivity index (χ0n) is 35.4. The molecule has 0 saturated carbocycles. The van der Waals surface area contributed by atoms with Crippen LogP contribution in [0.15, 0.2) is 60.8 Å². The third-order valence-electron chi connectivity index (χ3n) is 8.84. The zero-order valence-corrected chi connectivity index (χ0v) is 36.3. The van der Waals surface area contributed by atoms with Crippen LogP contribution in [-0.2, 0) is 27.9 Å². The molecule has 0 aromatic heterocycles. The van der Waals surface area contributed by atoms with Crippen molar-refractivity contribution in [3.05, 3.63) is 60.8 Å². The monoisotopic (exact) mass is 781 g/mol. The number of phosphoric acid groups is 1. The molecular weight excluding hydrogens is 697 g/mol. The number of carbonyl (C=O) groups is 1. The van der Waals surface area contributed by atoms with Gasteiger partial charge >= 0.3 is 13.8 Å². The average molecular weight is 781 g/mol. The maximum Gasteiger partial charge on any atom is 0.472 e. The number of carbonyl (C=O) groups excluding carboxylic acids is 1. The average Bonchev–Trinajstić information content (AvgIpc) is 3.12. The highest BCUT2D eigenvalue weighted by Gasteiger charge is 2.26. The third-order valence-corrected chi connectivity index (χ3v) is 9.83. The topological polar surface area (TPSA) is 91.3 Å². The molecule has 0 amide bonds. The van der Waals surface area contributed by atoms with Gasteiger partial charge < -0.3 is 18.9 Å². The van der Waals surface area contributed by atoms with Crippen LogP contribution in [0.1, 0.15) is 162 Å². The summed E-state index contributed by atoms with van der Waals surface area (Å²) in [5, 5.41) is 0. The van der Waals surface area contributed by atoms with Gasteiger partial charge in [-0.2, -0.15) is 0 Å². The summed E-state index contributed by atoms with van der Waals surface area (Å²) in [5.41, 5.74) is 0. The molecule has 2 atom stereocenters. The Labute approximate surface area is 332 Å². The van der Waals surface area contributed by atoms with E-state index in [0.717, 1.165) is 70.6 Å². The predicted molar refractivity (Wildman–Crippen MR) is 229 cm³/mol. The number of rotatable bonds is 39. The lowest BCUT2D eigenvalue weighted by atomic mass is 10.0. The number of phosphoric ester groups is 1. The lowest BCUT2D eigenvalue weighted by molar-refractivity contribution is -0.870. The first kappa shape index (κ1) is 52.2. The van der Waals surface area contributed by atoms with E-state index in [0.29, 0.717) is 24.1 Å². The minimum atomic E-state index is -4.29. The number of ether oxygens (including phenoxy) is 2. The molecule has 314 valence electrons. The minimum Gasteiger partial charge on any atom is -0.457 e. The molecule has 0 saturated heterocycles. The van der Waals surface area contributed by atoms with Gasteiger partial charge in [0.15, 0.2) is 0 Å². The van der Waals surface area contributed by atoms with Crippen LogP contribution in [0.2, 0.25) is 0 Å². The SMILES string of the molecule is CC/C=C\C/C=C\C/C=C\C/C=C\C/C=C\CCCCOCC(COP(=O)(O)OCC[N+](C)(C)C)OC(=O)CCCCCCCCCCCCCCCC. The Kier molecular flexibility index (Phi) is 36.8. The molecule has 1 N–H and O–H groups in total. The van der Waals surface area contributed by atoms with Crippen molar-refractivity contribution in [3.63, 3.8) is 0 Å². The molecule has 2 unspecified atom stereocenters. The van der Waals surface area contributed by atoms with Crippen molar-refractivity contribution in [2.24, 2.45) is 0 Å². The van der Waals surface area contributed by atoms with Gasteiger partial charge in [0.2, 0.25) is 0 Å². The first-order valence-corrected chi connectivity index (χ1v) is 23.0. The van der Waals surface area contributed by atoms with Crippen molar-refractivity contribution < 1.29 is 37.3 Å². The predicted octanol–water partition coefficient (Wildman–Crippen LogP) is 12.5. The highest BCUT2D eigenvalue weighted by Crippen LogP contribution is 2.43. The number of hydrogen-bond acceptors (Lipinski definition) is 6. The lowest BCUT2D eigenvalue weighted by Crippen LogP contribution is -2.37. The number of nitrogens with zero attached hydrogens (tertiary/aromatic N) is 1. The van der Waals surface area contributed by atoms with Gasteiger partial charge in [-0.05, 0) is 57.8 Å². The molecule has 54 heavy (non-hydrogen) atoms. The zero-order chi connectivity index (χ0) is 39.9. The van der Waals surface area contributed by atoms with E-state index < -0.39 is 13.9 Å². The largest absolute Gasteiger partial charge is 0.472 e. The number of allylic oxidation sites excluding steroid dienone is 10. The second-order valence-electron chi connectivity index (χ2n) is 15.3. The van der Waals surface area contributed by atoms with Crippen LogP contribution < -0.4 is 0 Å². The normalized spacial score (nSPS) is 14.4. The van der Waals surface area contributed by atoms with Gasteiger partial charge in [0.25, 0.3) is 0 Å². The van der Waals surface area contributed by atoms with Crippen LogP contribution >= 0.6 is 7.82 Å². The van der Waals surface area contributed by atoms with E-state index in [-0.39, 0.29) is 25.8 Å². The fourth-order valence-corrected chi connectivity index (χ4v) is 6.26. The van der Waals surface area contributed by atoms with Crippen molar-refractivity contribution in [1.82, 2.24) is 0 Å². The van der Waals surface area contributed by atoms with Crippen molar-refractivity contribution in [2.45, 2.75) is 168 Å². The second kappa shape index (κ2) is 38.1. The standard InChI is InChI=1S/C45H82NO7P/c1-6-8-10-12-14-16-18-20-22-23-24-25-27-29-31-33-35-37-40-50-42-44(43-52-54(48,49)51-41-39-46(3,4)5)53-45(47)38-36-34-32-30-28-26-21-19-17-15-13-11-9-7-2/h8,10,14,16,20,22,24-25,29,31,44H,6-7,9,11-13,15,17-19,21,23,26-28,30,32-43H2,1-5H3/p+1/b10-8-,16-14-,22-20-,25-24-,31-29-. The summed E-state index contributed by atoms with van der Waals surface area (Å²) in [6, 6.07) is 0. The quantitative estimate of drug-likeness (QED) is 0.0218. The van der Waals surface area contributed by atoms with Crippen molar-refractivity contribution in [3.8, 4) is 0 Å². The van der Waals surface area contributed by atoms with Crippen LogP contribution in [0.4, 0.5) is 0 Å². The van der Waals surface area contributed by atoms with Crippen LogP contribution in [0.3, 0.4) is 0 Å². The molecule has 0 aliphatic carbocycles. The minimum absolute atomic E-state index is 0.0786. The van der Waals surface area contributed by atoms with Gasteiger partial charge in [-0.3, -0.25) is 13.8 Å². The summed E-state index contributed by atoms with van der Waals surface area (Å²) in [6.07, 6.45) is 46.8. The van der Waals surface area contributed by atoms with E-state index in [1.165, 1.54) is 70.6 Å². The number of esters is 1. The highest BCUT2D eigenvalue weighted by molar-refractivity contribution is 7.47. The number of hydrogen-bond donors (Lipinski definition) is 1. The fourth-order valence-electron chi connectivity index (χ4n) is 5.52. The number of likely N-dealkylation sites (N-methyl/N-ethyl adjacent to an activating group) is 1. The molecule has 0 aromatic rings. The Bertz CT molecular complexity index is 1050. The van der Waals surface area contributed by atoms with Crippen molar-refractivity contribution >= 4 is 13.8 Å². The van der Waals surface area contributed by atoms with Crippen LogP contribution in [0.5, 0.6) is 0 Å². The molecule has 0 bridgehead atoms. The maximum atomic E-state index is 12.7. The first-order chi connectivity index (χ1) is 26.1. The Morgan fingerprint density at radius 1 is 0.593 bits per heavy atom. The smallest absolute Gasteiger partial charge is 0.457 e. The van der Waals surface area contributed by atoms with Crippen LogP contribution in [0.25, 0.3) is 0 Å². The van der Waals surface area contributed by atoms with Gasteiger partial charge in [0.1, 0.15) is 19.3 Å². The molecule has 0 heterocycles. The third kappa shape index (κ3) is 41.4. The summed E-state index contributed by atoms with van der Waals surface area (Å²) in [4.78, 5) is 22.9. The van der Waals surface area contributed by atoms with Crippen molar-refractivity contribution in [2.75, 3.05) is 54.1 Å². The maximum absolute atomic E-state index is 12.7. The summed E-state index contributed by atoms with van der Waals surface area (Å²) in [5.74, 6) is -0.330. The van der Waals surface area contributed by atoms with E-state index in [9.17, 15) is 14.3 Å². The van der Waals surface area contributed by atoms with Crippen molar-refractivity contribution in [1.29, 1.82) is 0 Å². The Balaban J connectivity index is 4.33. The second-order valence-corrected chi connectivity index (χ2v) is 16.8. The van der Waals surface area contributed by atoms with E-state index in [4.69, 9.17) is 18.5 Å². The lowest BCUT2D eigenvalue weighted by Gasteiger charge is -2.24. The number of unbranched alkanes of at least 4 members (excludes halogenated alkanes) is 15. The molecule has 0 rings (SSSR count). The molecule has 8 nitrogen and oxygen atoms in total.